The second-order valence-electron chi connectivity index (χ2n) is 3.28. The quantitative estimate of drug-likeness (QED) is 0.123. The lowest BCUT2D eigenvalue weighted by atomic mass is 10.5. The molecule has 0 aliphatic carbocycles. The Labute approximate surface area is 91.7 Å². The average molecular weight is 219 g/mol. The van der Waals surface area contributed by atoms with Crippen molar-refractivity contribution in [3.8, 4) is 0 Å². The molecule has 0 unspecified atom stereocenters. The van der Waals surface area contributed by atoms with Crippen LogP contribution < -0.4 is 33.4 Å². The maximum Gasteiger partial charge on any atom is 0.0408 e. The highest BCUT2D eigenvalue weighted by molar-refractivity contribution is 4.55. The second-order valence-corrected chi connectivity index (χ2v) is 3.28. The zero-order chi connectivity index (χ0) is 11.4. The molecule has 0 fully saturated rings. The molecule has 9 N–H and O–H groups in total. The Morgan fingerprint density at radius 1 is 0.733 bits per heavy atom. The molecule has 0 radical (unpaired) electrons. The summed E-state index contributed by atoms with van der Waals surface area (Å²) in [6.07, 6.45) is 0. The SMILES string of the molecule is NCCNCCNCCNCCN(N)N. The first-order chi connectivity index (χ1) is 7.27. The molecule has 0 rings (SSSR count). The second kappa shape index (κ2) is 11.8. The minimum Gasteiger partial charge on any atom is -0.329 e. The van der Waals surface area contributed by atoms with Gasteiger partial charge in [-0.1, -0.05) is 0 Å². The van der Waals surface area contributed by atoms with Gasteiger partial charge in [-0.2, -0.15) is 5.12 Å². The number of hydrogen-bond acceptors (Lipinski definition) is 7. The van der Waals surface area contributed by atoms with Crippen molar-refractivity contribution in [1.82, 2.24) is 21.1 Å². The Kier molecular flexibility index (Phi) is 11.6. The van der Waals surface area contributed by atoms with Gasteiger partial charge in [-0.25, -0.2) is 0 Å². The van der Waals surface area contributed by atoms with Gasteiger partial charge in [0.1, 0.15) is 0 Å². The highest BCUT2D eigenvalue weighted by Gasteiger charge is 1.90. The van der Waals surface area contributed by atoms with Gasteiger partial charge in [0, 0.05) is 52.4 Å². The highest BCUT2D eigenvalue weighted by atomic mass is 15.6. The first-order valence-corrected chi connectivity index (χ1v) is 5.36. The fourth-order valence-corrected chi connectivity index (χ4v) is 1.04. The standard InChI is InChI=1S/C8H25N7/c9-1-2-12-3-4-13-5-6-14-7-8-15(10)11/h12-14H,1-11H2. The monoisotopic (exact) mass is 219 g/mol. The smallest absolute Gasteiger partial charge is 0.0408 e. The molecule has 0 saturated heterocycles. The van der Waals surface area contributed by atoms with Gasteiger partial charge >= 0.3 is 0 Å². The van der Waals surface area contributed by atoms with Crippen LogP contribution in [0, 0.1) is 0 Å². The maximum absolute atomic E-state index is 5.33. The molecule has 0 aliphatic rings. The Bertz CT molecular complexity index is 120. The number of hydrogen-bond donors (Lipinski definition) is 6. The molecule has 0 bridgehead atoms. The lowest BCUT2D eigenvalue weighted by molar-refractivity contribution is 0.293. The number of nitrogens with two attached hydrogens (primary N) is 3. The molecule has 0 aromatic heterocycles. The fourth-order valence-electron chi connectivity index (χ4n) is 1.04. The molecule has 0 atom stereocenters. The molecule has 0 saturated carbocycles. The van der Waals surface area contributed by atoms with Gasteiger partial charge in [0.15, 0.2) is 0 Å². The van der Waals surface area contributed by atoms with E-state index < -0.39 is 0 Å². The molecule has 0 aliphatic heterocycles. The van der Waals surface area contributed by atoms with Crippen molar-refractivity contribution in [2.75, 3.05) is 52.4 Å². The van der Waals surface area contributed by atoms with E-state index >= 15 is 0 Å². The van der Waals surface area contributed by atoms with Crippen LogP contribution in [0.2, 0.25) is 0 Å². The predicted molar refractivity (Wildman–Crippen MR) is 62.7 cm³/mol. The van der Waals surface area contributed by atoms with Crippen molar-refractivity contribution in [1.29, 1.82) is 0 Å². The summed E-state index contributed by atoms with van der Waals surface area (Å²) in [7, 11) is 0. The van der Waals surface area contributed by atoms with Gasteiger partial charge in [-0.15, -0.1) is 0 Å². The third-order valence-electron chi connectivity index (χ3n) is 1.83. The van der Waals surface area contributed by atoms with Crippen molar-refractivity contribution in [3.05, 3.63) is 0 Å². The van der Waals surface area contributed by atoms with Crippen LogP contribution in [0.15, 0.2) is 0 Å². The Morgan fingerprint density at radius 3 is 1.67 bits per heavy atom. The molecule has 15 heavy (non-hydrogen) atoms. The maximum atomic E-state index is 5.33. The van der Waals surface area contributed by atoms with Crippen molar-refractivity contribution in [2.45, 2.75) is 0 Å². The number of rotatable bonds is 11. The normalized spacial score (nSPS) is 11.2. The van der Waals surface area contributed by atoms with Gasteiger partial charge in [-0.3, -0.25) is 11.7 Å². The first kappa shape index (κ1) is 14.7. The molecule has 0 heterocycles. The summed E-state index contributed by atoms with van der Waals surface area (Å²) in [6, 6.07) is 0. The highest BCUT2D eigenvalue weighted by Crippen LogP contribution is 1.64. The lowest BCUT2D eigenvalue weighted by Gasteiger charge is -2.10. The first-order valence-electron chi connectivity index (χ1n) is 5.36. The molecule has 0 spiro atoms. The van der Waals surface area contributed by atoms with Crippen LogP contribution >= 0.6 is 0 Å². The summed E-state index contributed by atoms with van der Waals surface area (Å²) in [5.74, 6) is 10.5. The van der Waals surface area contributed by atoms with E-state index in [1.807, 2.05) is 0 Å². The summed E-state index contributed by atoms with van der Waals surface area (Å²) >= 11 is 0. The van der Waals surface area contributed by atoms with Crippen LogP contribution in [0.25, 0.3) is 0 Å². The van der Waals surface area contributed by atoms with E-state index in [1.165, 1.54) is 5.12 Å². The molecule has 92 valence electrons. The van der Waals surface area contributed by atoms with Gasteiger partial charge in [-0.05, 0) is 0 Å². The Morgan fingerprint density at radius 2 is 1.20 bits per heavy atom. The summed E-state index contributed by atoms with van der Waals surface area (Å²) < 4.78 is 0. The summed E-state index contributed by atoms with van der Waals surface area (Å²) in [6.45, 7) is 6.81. The lowest BCUT2D eigenvalue weighted by Crippen LogP contribution is -2.43. The van der Waals surface area contributed by atoms with Crippen molar-refractivity contribution < 1.29 is 0 Å². The van der Waals surface area contributed by atoms with Crippen LogP contribution in [0.1, 0.15) is 0 Å². The summed E-state index contributed by atoms with van der Waals surface area (Å²) in [5.41, 5.74) is 5.33. The van der Waals surface area contributed by atoms with E-state index in [4.69, 9.17) is 17.4 Å². The van der Waals surface area contributed by atoms with Crippen molar-refractivity contribution >= 4 is 0 Å². The third kappa shape index (κ3) is 13.7. The molecular weight excluding hydrogens is 194 g/mol. The van der Waals surface area contributed by atoms with Crippen LogP contribution in [-0.2, 0) is 0 Å². The van der Waals surface area contributed by atoms with Crippen molar-refractivity contribution in [2.24, 2.45) is 17.4 Å². The van der Waals surface area contributed by atoms with E-state index in [-0.39, 0.29) is 0 Å². The number of nitrogens with one attached hydrogen (secondary N) is 3. The molecule has 0 aromatic carbocycles. The van der Waals surface area contributed by atoms with Gasteiger partial charge in [0.05, 0.1) is 0 Å². The van der Waals surface area contributed by atoms with Crippen LogP contribution in [0.3, 0.4) is 0 Å². The average Bonchev–Trinajstić information content (AvgIpc) is 2.20. The van der Waals surface area contributed by atoms with E-state index in [2.05, 4.69) is 16.0 Å². The molecule has 7 nitrogen and oxygen atoms in total. The van der Waals surface area contributed by atoms with E-state index in [9.17, 15) is 0 Å². The van der Waals surface area contributed by atoms with Crippen molar-refractivity contribution in [3.63, 3.8) is 0 Å². The number of nitrogens with zero attached hydrogens (tertiary/aromatic N) is 1. The van der Waals surface area contributed by atoms with E-state index in [0.29, 0.717) is 13.1 Å². The van der Waals surface area contributed by atoms with Crippen LogP contribution in [0.5, 0.6) is 0 Å². The largest absolute Gasteiger partial charge is 0.329 e. The third-order valence-corrected chi connectivity index (χ3v) is 1.83. The van der Waals surface area contributed by atoms with E-state index in [1.54, 1.807) is 0 Å². The molecule has 0 aromatic rings. The minimum absolute atomic E-state index is 0.651. The summed E-state index contributed by atoms with van der Waals surface area (Å²) in [4.78, 5) is 0. The zero-order valence-corrected chi connectivity index (χ0v) is 9.34. The van der Waals surface area contributed by atoms with Gasteiger partial charge in [0.2, 0.25) is 0 Å². The van der Waals surface area contributed by atoms with Gasteiger partial charge < -0.3 is 21.7 Å². The fraction of sp³-hybridized carbons (Fsp3) is 1.00. The van der Waals surface area contributed by atoms with E-state index in [0.717, 1.165) is 39.3 Å². The minimum atomic E-state index is 0.651. The van der Waals surface area contributed by atoms with Crippen LogP contribution in [-0.4, -0.2) is 57.5 Å². The Balaban J connectivity index is 2.87. The number of hydrazine groups is 2. The van der Waals surface area contributed by atoms with Crippen LogP contribution in [0.4, 0.5) is 0 Å². The Hall–Kier alpha value is -0.280. The topological polar surface area (TPSA) is 117 Å². The zero-order valence-electron chi connectivity index (χ0n) is 9.34. The molecule has 0 amide bonds. The summed E-state index contributed by atoms with van der Waals surface area (Å²) in [5, 5.41) is 10.9. The van der Waals surface area contributed by atoms with Gasteiger partial charge in [0.25, 0.3) is 0 Å². The predicted octanol–water partition coefficient (Wildman–Crippen LogP) is -3.24. The molecular formula is C8H25N7. The molecule has 7 heteroatoms.